The molecule has 4 amide bonds. The first kappa shape index (κ1) is 43.5. The molecule has 65 heavy (non-hydrogen) atoms. The Labute approximate surface area is 379 Å². The maximum absolute atomic E-state index is 14.4. The number of aliphatic imine (C=N–C) groups is 1. The van der Waals surface area contributed by atoms with Gasteiger partial charge in [-0.05, 0) is 99.9 Å². The van der Waals surface area contributed by atoms with Crippen molar-refractivity contribution in [2.24, 2.45) is 22.7 Å². The van der Waals surface area contributed by atoms with Gasteiger partial charge in [0.1, 0.15) is 30.3 Å². The van der Waals surface area contributed by atoms with Gasteiger partial charge in [0.2, 0.25) is 5.91 Å². The molecule has 0 saturated carbocycles. The summed E-state index contributed by atoms with van der Waals surface area (Å²) in [7, 11) is 2.60. The van der Waals surface area contributed by atoms with Crippen LogP contribution in [0.4, 0.5) is 15.3 Å². The number of likely N-dealkylation sites (tertiary alicyclic amines) is 2. The molecule has 5 aromatic rings. The highest BCUT2D eigenvalue weighted by molar-refractivity contribution is 6.06. The number of carbonyl (C=O) groups excluding carboxylic acids is 4. The Kier molecular flexibility index (Phi) is 12.1. The summed E-state index contributed by atoms with van der Waals surface area (Å²) in [5, 5.41) is 7.69. The fourth-order valence-electron chi connectivity index (χ4n) is 10.3. The molecule has 0 radical (unpaired) electrons. The average Bonchev–Trinajstić information content (AvgIpc) is 4.15. The number of hydrogen-bond acceptors (Lipinski definition) is 9. The lowest BCUT2D eigenvalue weighted by Gasteiger charge is -2.31. The zero-order chi connectivity index (χ0) is 45.5. The van der Waals surface area contributed by atoms with Crippen molar-refractivity contribution >= 4 is 46.2 Å². The average molecular weight is 880 g/mol. The molecule has 3 N–H and O–H groups in total. The van der Waals surface area contributed by atoms with Crippen molar-refractivity contribution in [1.29, 1.82) is 0 Å². The molecule has 14 nitrogen and oxygen atoms in total. The zero-order valence-electron chi connectivity index (χ0n) is 37.9. The Morgan fingerprint density at radius 2 is 1.65 bits per heavy atom. The zero-order valence-corrected chi connectivity index (χ0v) is 37.9. The molecule has 0 unspecified atom stereocenters. The summed E-state index contributed by atoms with van der Waals surface area (Å²) in [5.41, 5.74) is 8.65. The van der Waals surface area contributed by atoms with E-state index in [1.807, 2.05) is 60.2 Å². The second-order valence-electron chi connectivity index (χ2n) is 18.3. The van der Waals surface area contributed by atoms with E-state index in [0.29, 0.717) is 43.4 Å². The molecule has 6 atom stereocenters. The van der Waals surface area contributed by atoms with Crippen LogP contribution in [0.25, 0.3) is 33.2 Å². The van der Waals surface area contributed by atoms with E-state index >= 15 is 0 Å². The molecule has 2 fully saturated rings. The third-order valence-corrected chi connectivity index (χ3v) is 13.6. The van der Waals surface area contributed by atoms with Crippen LogP contribution in [-0.4, -0.2) is 88.9 Å². The van der Waals surface area contributed by atoms with Crippen LogP contribution in [0.5, 0.6) is 5.75 Å². The predicted molar refractivity (Wildman–Crippen MR) is 248 cm³/mol. The van der Waals surface area contributed by atoms with Crippen LogP contribution in [0.3, 0.4) is 0 Å². The van der Waals surface area contributed by atoms with Crippen LogP contribution in [0.2, 0.25) is 0 Å². The minimum absolute atomic E-state index is 0.114. The predicted octanol–water partition coefficient (Wildman–Crippen LogP) is 8.82. The van der Waals surface area contributed by atoms with Gasteiger partial charge >= 0.3 is 12.2 Å². The highest BCUT2D eigenvalue weighted by Crippen LogP contribution is 2.45. The molecule has 1 aromatic heterocycles. The highest BCUT2D eigenvalue weighted by atomic mass is 16.5. The SMILES string of the molecule is CCC[C@H]1C[C@@H](c2ncc(-c3ccc4c(c3)COc3cc5c6c(ccc5cc3-4)N=C([C@@H]3C[C@H](C)CN3C(=O)[C@@H](NC(=O)OC)C(C)C)C6)[nH]2)N(C(=O)[C@H](NC(=O)OC)c2ccccc2)C1. The maximum Gasteiger partial charge on any atom is 0.407 e. The lowest BCUT2D eigenvalue weighted by atomic mass is 9.90. The smallest absolute Gasteiger partial charge is 0.407 e. The Hall–Kier alpha value is -6.70. The first-order valence-corrected chi connectivity index (χ1v) is 22.8. The lowest BCUT2D eigenvalue weighted by Crippen LogP contribution is -2.53. The normalized spacial score (nSPS) is 20.6. The Morgan fingerprint density at radius 1 is 0.877 bits per heavy atom. The van der Waals surface area contributed by atoms with E-state index in [0.717, 1.165) is 87.1 Å². The number of fused-ring (bicyclic) bond motifs is 6. The summed E-state index contributed by atoms with van der Waals surface area (Å²) < 4.78 is 16.2. The van der Waals surface area contributed by atoms with E-state index in [1.54, 1.807) is 0 Å². The number of aromatic amines is 1. The molecule has 5 heterocycles. The van der Waals surface area contributed by atoms with E-state index in [-0.39, 0.29) is 35.7 Å². The topological polar surface area (TPSA) is 168 Å². The number of alkyl carbamates (subject to hydrolysis) is 2. The van der Waals surface area contributed by atoms with Gasteiger partial charge in [-0.15, -0.1) is 0 Å². The van der Waals surface area contributed by atoms with E-state index in [2.05, 4.69) is 71.9 Å². The van der Waals surface area contributed by atoms with Crippen LogP contribution in [0, 0.1) is 17.8 Å². The molecular formula is C51H57N7O7. The lowest BCUT2D eigenvalue weighted by molar-refractivity contribution is -0.135. The van der Waals surface area contributed by atoms with Gasteiger partial charge in [-0.2, -0.15) is 0 Å². The summed E-state index contributed by atoms with van der Waals surface area (Å²) in [4.78, 5) is 70.3. The molecule has 2 saturated heterocycles. The fourth-order valence-corrected chi connectivity index (χ4v) is 10.3. The third kappa shape index (κ3) is 8.42. The summed E-state index contributed by atoms with van der Waals surface area (Å²) >= 11 is 0. The molecule has 4 aliphatic rings. The number of ether oxygens (including phenoxy) is 3. The second kappa shape index (κ2) is 18.1. The number of imidazole rings is 1. The molecule has 4 aromatic carbocycles. The van der Waals surface area contributed by atoms with Crippen molar-refractivity contribution in [1.82, 2.24) is 30.4 Å². The summed E-state index contributed by atoms with van der Waals surface area (Å²) in [6.45, 7) is 9.71. The third-order valence-electron chi connectivity index (χ3n) is 13.6. The minimum Gasteiger partial charge on any atom is -0.488 e. The van der Waals surface area contributed by atoms with Gasteiger partial charge in [-0.1, -0.05) is 82.6 Å². The van der Waals surface area contributed by atoms with Gasteiger partial charge in [-0.3, -0.25) is 14.6 Å². The first-order valence-electron chi connectivity index (χ1n) is 22.8. The van der Waals surface area contributed by atoms with Crippen molar-refractivity contribution in [2.75, 3.05) is 27.3 Å². The van der Waals surface area contributed by atoms with Crippen LogP contribution in [0.15, 0.2) is 84.0 Å². The van der Waals surface area contributed by atoms with Crippen molar-refractivity contribution < 1.29 is 33.4 Å². The minimum atomic E-state index is -0.903. The number of aromatic nitrogens is 2. The monoisotopic (exact) mass is 879 g/mol. The van der Waals surface area contributed by atoms with E-state index in [4.69, 9.17) is 24.2 Å². The number of H-pyrrole nitrogens is 1. The second-order valence-corrected chi connectivity index (χ2v) is 18.3. The molecular weight excluding hydrogens is 823 g/mol. The Morgan fingerprint density at radius 3 is 2.40 bits per heavy atom. The maximum atomic E-state index is 14.4. The van der Waals surface area contributed by atoms with Crippen LogP contribution in [0.1, 0.15) is 88.0 Å². The number of nitrogens with zero attached hydrogens (tertiary/aromatic N) is 4. The quantitative estimate of drug-likeness (QED) is 0.118. The van der Waals surface area contributed by atoms with Crippen molar-refractivity contribution in [3.63, 3.8) is 0 Å². The summed E-state index contributed by atoms with van der Waals surface area (Å²) in [6, 6.07) is 22.1. The van der Waals surface area contributed by atoms with Crippen molar-refractivity contribution in [3.05, 3.63) is 102 Å². The Balaban J connectivity index is 0.947. The Bertz CT molecular complexity index is 2680. The van der Waals surface area contributed by atoms with E-state index in [1.165, 1.54) is 14.2 Å². The highest BCUT2D eigenvalue weighted by Gasteiger charge is 2.43. The van der Waals surface area contributed by atoms with Crippen molar-refractivity contribution in [3.8, 4) is 28.1 Å². The van der Waals surface area contributed by atoms with E-state index < -0.39 is 24.3 Å². The molecule has 0 bridgehead atoms. The fraction of sp³-hybridized carbons (Fsp3) is 0.412. The first-order chi connectivity index (χ1) is 31.4. The van der Waals surface area contributed by atoms with Crippen molar-refractivity contribution in [2.45, 2.75) is 90.6 Å². The van der Waals surface area contributed by atoms with Gasteiger partial charge in [0.25, 0.3) is 5.91 Å². The van der Waals surface area contributed by atoms with Crippen LogP contribution in [-0.2, 0) is 32.1 Å². The summed E-state index contributed by atoms with van der Waals surface area (Å²) in [5.74, 6) is 1.67. The number of nitrogens with one attached hydrogen (secondary N) is 3. The standard InChI is InChI=1S/C51H57N7O7/c1-7-11-30-19-43(58(26-30)49(60)46(56-51(62)64-6)31-12-9-8-10-13-31)47-52-24-41(54-47)33-14-16-35-34(20-33)27-65-44-23-36-32(21-38(35)44)15-17-39-37(36)22-40(53-39)42-18-29(4)25-57(42)48(59)45(28(2)3)55-50(61)63-5/h8-10,12-17,20-21,23-24,28-30,42-43,45-46H,7,11,18-19,22,25-27H2,1-6H3,(H,52,54)(H,55,61)(H,56,62)/t29-,30-,42-,43-,45-,46+/m0/s1. The number of carbonyl (C=O) groups is 4. The number of rotatable bonds is 11. The molecule has 9 rings (SSSR count). The summed E-state index contributed by atoms with van der Waals surface area (Å²) in [6.07, 6.45) is 4.72. The van der Waals surface area contributed by atoms with Gasteiger partial charge in [0, 0.05) is 30.8 Å². The van der Waals surface area contributed by atoms with E-state index in [9.17, 15) is 19.2 Å². The molecule has 0 spiro atoms. The number of amides is 4. The molecule has 338 valence electrons. The van der Waals surface area contributed by atoms with Gasteiger partial charge < -0.3 is 39.6 Å². The largest absolute Gasteiger partial charge is 0.488 e. The number of methoxy groups -OCH3 is 2. The van der Waals surface area contributed by atoms with Crippen LogP contribution >= 0.6 is 0 Å². The molecule has 14 heteroatoms. The molecule has 0 aliphatic carbocycles. The van der Waals surface area contributed by atoms with Gasteiger partial charge in [-0.25, -0.2) is 14.6 Å². The number of benzene rings is 4. The van der Waals surface area contributed by atoms with Gasteiger partial charge in [0.05, 0.1) is 43.9 Å². The van der Waals surface area contributed by atoms with Gasteiger partial charge in [0.15, 0.2) is 0 Å². The van der Waals surface area contributed by atoms with Crippen LogP contribution < -0.4 is 15.4 Å². The number of hydrogen-bond donors (Lipinski definition) is 3. The molecule has 4 aliphatic heterocycles.